The number of nitrogens with one attached hydrogen (secondary N) is 1. The Balaban J connectivity index is 2.25. The van der Waals surface area contributed by atoms with Gasteiger partial charge in [0, 0.05) is 26.0 Å². The quantitative estimate of drug-likeness (QED) is 0.851. The summed E-state index contributed by atoms with van der Waals surface area (Å²) in [5.74, 6) is 0.865. The molecule has 0 bridgehead atoms. The third-order valence-corrected chi connectivity index (χ3v) is 4.45. The van der Waals surface area contributed by atoms with E-state index in [-0.39, 0.29) is 6.04 Å². The molecule has 6 nitrogen and oxygen atoms in total. The van der Waals surface area contributed by atoms with Crippen LogP contribution in [-0.2, 0) is 10.2 Å². The second kappa shape index (κ2) is 4.91. The van der Waals surface area contributed by atoms with Gasteiger partial charge in [0.2, 0.25) is 0 Å². The van der Waals surface area contributed by atoms with Crippen LogP contribution in [0.2, 0.25) is 0 Å². The molecular formula is C11H18N4O2S. The highest BCUT2D eigenvalue weighted by Gasteiger charge is 2.37. The summed E-state index contributed by atoms with van der Waals surface area (Å²) in [6, 6.07) is 1.48. The van der Waals surface area contributed by atoms with Crippen LogP contribution < -0.4 is 4.72 Å². The molecule has 0 saturated heterocycles. The van der Waals surface area contributed by atoms with E-state index < -0.39 is 10.2 Å². The summed E-state index contributed by atoms with van der Waals surface area (Å²) >= 11 is 0. The normalized spacial score (nSPS) is 18.0. The number of aromatic nitrogens is 2. The van der Waals surface area contributed by atoms with Crippen LogP contribution >= 0.6 is 0 Å². The van der Waals surface area contributed by atoms with Crippen molar-refractivity contribution >= 4 is 10.2 Å². The molecule has 1 fully saturated rings. The predicted molar refractivity (Wildman–Crippen MR) is 68.0 cm³/mol. The Labute approximate surface area is 108 Å². The maximum atomic E-state index is 11.9. The van der Waals surface area contributed by atoms with Gasteiger partial charge < -0.3 is 0 Å². The van der Waals surface area contributed by atoms with E-state index in [0.29, 0.717) is 11.7 Å². The first kappa shape index (κ1) is 13.4. The molecule has 100 valence electrons. The fraction of sp³-hybridized carbons (Fsp3) is 0.636. The molecule has 18 heavy (non-hydrogen) atoms. The molecule has 1 atom stereocenters. The van der Waals surface area contributed by atoms with Gasteiger partial charge in [-0.25, -0.2) is 9.97 Å². The van der Waals surface area contributed by atoms with Gasteiger partial charge in [0.15, 0.2) is 0 Å². The van der Waals surface area contributed by atoms with Gasteiger partial charge in [-0.1, -0.05) is 0 Å². The smallest absolute Gasteiger partial charge is 0.240 e. The molecule has 2 rings (SSSR count). The monoisotopic (exact) mass is 270 g/mol. The van der Waals surface area contributed by atoms with Crippen LogP contribution in [0.25, 0.3) is 0 Å². The highest BCUT2D eigenvalue weighted by atomic mass is 32.2. The minimum atomic E-state index is -3.46. The highest BCUT2D eigenvalue weighted by Crippen LogP contribution is 2.40. The van der Waals surface area contributed by atoms with Crippen LogP contribution in [0, 0.1) is 12.8 Å². The molecule has 0 spiro atoms. The van der Waals surface area contributed by atoms with Crippen LogP contribution in [0.1, 0.15) is 30.4 Å². The largest absolute Gasteiger partial charge is 0.279 e. The van der Waals surface area contributed by atoms with Gasteiger partial charge in [-0.2, -0.15) is 17.4 Å². The lowest BCUT2D eigenvalue weighted by molar-refractivity contribution is 0.465. The van der Waals surface area contributed by atoms with E-state index in [1.165, 1.54) is 14.1 Å². The van der Waals surface area contributed by atoms with E-state index in [1.54, 1.807) is 12.3 Å². The lowest BCUT2D eigenvalue weighted by Gasteiger charge is -2.20. The van der Waals surface area contributed by atoms with Crippen molar-refractivity contribution in [3.63, 3.8) is 0 Å². The third-order valence-electron chi connectivity index (χ3n) is 2.94. The van der Waals surface area contributed by atoms with Crippen molar-refractivity contribution in [2.24, 2.45) is 5.92 Å². The maximum Gasteiger partial charge on any atom is 0.279 e. The lowest BCUT2D eigenvalue weighted by Crippen LogP contribution is -2.39. The van der Waals surface area contributed by atoms with Crippen LogP contribution in [0.5, 0.6) is 0 Å². The first-order valence-electron chi connectivity index (χ1n) is 5.89. The van der Waals surface area contributed by atoms with E-state index in [9.17, 15) is 8.42 Å². The SMILES string of the molecule is Cc1ccnc([C@@H](NS(=O)(=O)N(C)C)C2CC2)n1. The highest BCUT2D eigenvalue weighted by molar-refractivity contribution is 7.87. The molecule has 1 aliphatic rings. The lowest BCUT2D eigenvalue weighted by atomic mass is 10.2. The maximum absolute atomic E-state index is 11.9. The van der Waals surface area contributed by atoms with Crippen molar-refractivity contribution < 1.29 is 8.42 Å². The van der Waals surface area contributed by atoms with E-state index in [2.05, 4.69) is 14.7 Å². The molecule has 1 heterocycles. The zero-order valence-electron chi connectivity index (χ0n) is 10.8. The summed E-state index contributed by atoms with van der Waals surface area (Å²) in [6.45, 7) is 1.87. The van der Waals surface area contributed by atoms with Gasteiger partial charge in [0.05, 0.1) is 6.04 Å². The van der Waals surface area contributed by atoms with E-state index >= 15 is 0 Å². The average Bonchev–Trinajstić information content (AvgIpc) is 3.09. The number of rotatable bonds is 5. The Morgan fingerprint density at radius 1 is 1.44 bits per heavy atom. The second-order valence-electron chi connectivity index (χ2n) is 4.78. The predicted octanol–water partition coefficient (Wildman–Crippen LogP) is 0.632. The molecular weight excluding hydrogens is 252 g/mol. The summed E-state index contributed by atoms with van der Waals surface area (Å²) in [5, 5.41) is 0. The Bertz CT molecular complexity index is 526. The number of nitrogens with zero attached hydrogens (tertiary/aromatic N) is 3. The summed E-state index contributed by atoms with van der Waals surface area (Å²) in [7, 11) is -0.453. The van der Waals surface area contributed by atoms with E-state index in [4.69, 9.17) is 0 Å². The summed E-state index contributed by atoms with van der Waals surface area (Å²) in [5.41, 5.74) is 0.842. The number of hydrogen-bond donors (Lipinski definition) is 1. The second-order valence-corrected chi connectivity index (χ2v) is 6.69. The van der Waals surface area contributed by atoms with Crippen molar-refractivity contribution in [1.82, 2.24) is 19.0 Å². The topological polar surface area (TPSA) is 75.2 Å². The summed E-state index contributed by atoms with van der Waals surface area (Å²) < 4.78 is 27.6. The molecule has 1 aromatic heterocycles. The number of aryl methyl sites for hydroxylation is 1. The van der Waals surface area contributed by atoms with E-state index in [1.807, 2.05) is 6.92 Å². The molecule has 0 aliphatic heterocycles. The van der Waals surface area contributed by atoms with E-state index in [0.717, 1.165) is 22.8 Å². The molecule has 0 unspecified atom stereocenters. The van der Waals surface area contributed by atoms with Crippen molar-refractivity contribution in [2.45, 2.75) is 25.8 Å². The molecule has 7 heteroatoms. The first-order chi connectivity index (χ1) is 8.40. The Morgan fingerprint density at radius 3 is 2.61 bits per heavy atom. The zero-order chi connectivity index (χ0) is 13.3. The third kappa shape index (κ3) is 3.04. The van der Waals surface area contributed by atoms with Crippen LogP contribution in [0.4, 0.5) is 0 Å². The minimum absolute atomic E-state index is 0.307. The van der Waals surface area contributed by atoms with Crippen molar-refractivity contribution in [2.75, 3.05) is 14.1 Å². The van der Waals surface area contributed by atoms with Gasteiger partial charge in [-0.05, 0) is 31.7 Å². The summed E-state index contributed by atoms with van der Waals surface area (Å²) in [4.78, 5) is 8.51. The fourth-order valence-corrected chi connectivity index (χ4v) is 2.50. The van der Waals surface area contributed by atoms with Crippen LogP contribution in [0.3, 0.4) is 0 Å². The van der Waals surface area contributed by atoms with Gasteiger partial charge >= 0.3 is 0 Å². The molecule has 0 amide bonds. The Kier molecular flexibility index (Phi) is 3.65. The van der Waals surface area contributed by atoms with Gasteiger partial charge in [0.25, 0.3) is 10.2 Å². The van der Waals surface area contributed by atoms with Gasteiger partial charge in [-0.3, -0.25) is 0 Å². The zero-order valence-corrected chi connectivity index (χ0v) is 11.6. The molecule has 1 aromatic rings. The Hall–Kier alpha value is -1.05. The first-order valence-corrected chi connectivity index (χ1v) is 7.33. The summed E-state index contributed by atoms with van der Waals surface area (Å²) in [6.07, 6.45) is 3.69. The van der Waals surface area contributed by atoms with Crippen molar-refractivity contribution in [1.29, 1.82) is 0 Å². The molecule has 0 aromatic carbocycles. The minimum Gasteiger partial charge on any atom is -0.240 e. The molecule has 1 saturated carbocycles. The average molecular weight is 270 g/mol. The van der Waals surface area contributed by atoms with Crippen LogP contribution in [0.15, 0.2) is 12.3 Å². The molecule has 0 radical (unpaired) electrons. The van der Waals surface area contributed by atoms with Crippen molar-refractivity contribution in [3.8, 4) is 0 Å². The molecule has 1 N–H and O–H groups in total. The fourth-order valence-electron chi connectivity index (χ4n) is 1.67. The molecule has 1 aliphatic carbocycles. The standard InChI is InChI=1S/C11H18N4O2S/c1-8-6-7-12-11(13-8)10(9-4-5-9)14-18(16,17)15(2)3/h6-7,9-10,14H,4-5H2,1-3H3/t10-/m0/s1. The number of hydrogen-bond acceptors (Lipinski definition) is 4. The van der Waals surface area contributed by atoms with Crippen LogP contribution in [-0.4, -0.2) is 36.8 Å². The van der Waals surface area contributed by atoms with Gasteiger partial charge in [0.1, 0.15) is 5.82 Å². The Morgan fingerprint density at radius 2 is 2.11 bits per heavy atom. The van der Waals surface area contributed by atoms with Gasteiger partial charge in [-0.15, -0.1) is 0 Å². The van der Waals surface area contributed by atoms with Crippen molar-refractivity contribution in [3.05, 3.63) is 23.8 Å².